The van der Waals surface area contributed by atoms with Gasteiger partial charge >= 0.3 is 0 Å². The number of hydrogen-bond donors (Lipinski definition) is 1. The van der Waals surface area contributed by atoms with Gasteiger partial charge < -0.3 is 5.32 Å². The smallest absolute Gasteiger partial charge is 0.255 e. The molecule has 1 aromatic heterocycles. The molecule has 0 aliphatic carbocycles. The average Bonchev–Trinajstić information content (AvgIpc) is 2.89. The standard InChI is InChI=1S/C20H18ClN3O2/c1-12-19(21)13(2)24(23-12)18-9-7-15(8-10-18)20(26)22-17-6-4-5-16(11-17)14(3)25/h4-11H,1-3H3,(H,22,26). The van der Waals surface area contributed by atoms with E-state index in [4.69, 9.17) is 11.6 Å². The largest absolute Gasteiger partial charge is 0.322 e. The average molecular weight is 368 g/mol. The van der Waals surface area contributed by atoms with Crippen molar-refractivity contribution in [2.45, 2.75) is 20.8 Å². The molecular formula is C20H18ClN3O2. The number of aryl methyl sites for hydroxylation is 1. The number of carbonyl (C=O) groups excluding carboxylic acids is 2. The Morgan fingerprint density at radius 3 is 2.31 bits per heavy atom. The molecule has 0 aliphatic heterocycles. The maximum Gasteiger partial charge on any atom is 0.255 e. The molecule has 2 aromatic carbocycles. The molecule has 0 fully saturated rings. The van der Waals surface area contributed by atoms with Crippen LogP contribution in [0.2, 0.25) is 5.02 Å². The second-order valence-electron chi connectivity index (χ2n) is 6.03. The van der Waals surface area contributed by atoms with Gasteiger partial charge in [0.1, 0.15) is 0 Å². The fourth-order valence-corrected chi connectivity index (χ4v) is 2.77. The summed E-state index contributed by atoms with van der Waals surface area (Å²) in [6.45, 7) is 5.23. The van der Waals surface area contributed by atoms with Crippen molar-refractivity contribution in [1.82, 2.24) is 9.78 Å². The van der Waals surface area contributed by atoms with Crippen LogP contribution in [0.25, 0.3) is 5.69 Å². The quantitative estimate of drug-likeness (QED) is 0.685. The molecule has 5 nitrogen and oxygen atoms in total. The Bertz CT molecular complexity index is 991. The SMILES string of the molecule is CC(=O)c1cccc(NC(=O)c2ccc(-n3nc(C)c(Cl)c3C)cc2)c1. The third-order valence-electron chi connectivity index (χ3n) is 4.10. The van der Waals surface area contributed by atoms with Crippen LogP contribution in [-0.4, -0.2) is 21.5 Å². The first-order valence-electron chi connectivity index (χ1n) is 8.11. The Balaban J connectivity index is 1.80. The van der Waals surface area contributed by atoms with Crippen molar-refractivity contribution in [3.8, 4) is 5.69 Å². The van der Waals surface area contributed by atoms with Crippen molar-refractivity contribution in [2.75, 3.05) is 5.32 Å². The molecule has 0 radical (unpaired) electrons. The Kier molecular flexibility index (Phi) is 4.91. The van der Waals surface area contributed by atoms with Crippen LogP contribution in [0.3, 0.4) is 0 Å². The van der Waals surface area contributed by atoms with E-state index in [9.17, 15) is 9.59 Å². The number of aromatic nitrogens is 2. The molecule has 0 aliphatic rings. The summed E-state index contributed by atoms with van der Waals surface area (Å²) < 4.78 is 1.75. The number of rotatable bonds is 4. The van der Waals surface area contributed by atoms with Crippen LogP contribution in [0, 0.1) is 13.8 Å². The summed E-state index contributed by atoms with van der Waals surface area (Å²) >= 11 is 6.18. The molecule has 0 unspecified atom stereocenters. The lowest BCUT2D eigenvalue weighted by atomic mass is 10.1. The molecule has 0 spiro atoms. The monoisotopic (exact) mass is 367 g/mol. The fourth-order valence-electron chi connectivity index (χ4n) is 2.65. The minimum absolute atomic E-state index is 0.0472. The maximum atomic E-state index is 12.4. The number of Topliss-reactive ketones (excluding diaryl/α,β-unsaturated/α-hetero) is 1. The summed E-state index contributed by atoms with van der Waals surface area (Å²) in [6, 6.07) is 13.9. The van der Waals surface area contributed by atoms with Crippen LogP contribution in [0.15, 0.2) is 48.5 Å². The molecule has 1 amide bonds. The van der Waals surface area contributed by atoms with E-state index in [1.165, 1.54) is 6.92 Å². The lowest BCUT2D eigenvalue weighted by Gasteiger charge is -2.08. The Labute approximate surface area is 156 Å². The molecule has 6 heteroatoms. The van der Waals surface area contributed by atoms with E-state index >= 15 is 0 Å². The van der Waals surface area contributed by atoms with E-state index in [0.29, 0.717) is 21.8 Å². The van der Waals surface area contributed by atoms with Crippen LogP contribution < -0.4 is 5.32 Å². The highest BCUT2D eigenvalue weighted by atomic mass is 35.5. The predicted octanol–water partition coefficient (Wildman–Crippen LogP) is 4.60. The van der Waals surface area contributed by atoms with Crippen molar-refractivity contribution in [3.63, 3.8) is 0 Å². The first-order chi connectivity index (χ1) is 12.4. The summed E-state index contributed by atoms with van der Waals surface area (Å²) in [4.78, 5) is 23.9. The van der Waals surface area contributed by atoms with Crippen LogP contribution in [-0.2, 0) is 0 Å². The first kappa shape index (κ1) is 17.9. The molecule has 3 rings (SSSR count). The first-order valence-corrected chi connectivity index (χ1v) is 8.49. The number of nitrogens with zero attached hydrogens (tertiary/aromatic N) is 2. The molecule has 1 N–H and O–H groups in total. The van der Waals surface area contributed by atoms with Crippen LogP contribution in [0.1, 0.15) is 39.0 Å². The zero-order valence-electron chi connectivity index (χ0n) is 14.7. The lowest BCUT2D eigenvalue weighted by molar-refractivity contribution is 0.101. The summed E-state index contributed by atoms with van der Waals surface area (Å²) in [6.07, 6.45) is 0. The van der Waals surface area contributed by atoms with E-state index < -0.39 is 0 Å². The van der Waals surface area contributed by atoms with Crippen molar-refractivity contribution in [1.29, 1.82) is 0 Å². The molecule has 26 heavy (non-hydrogen) atoms. The van der Waals surface area contributed by atoms with Crippen molar-refractivity contribution >= 4 is 29.0 Å². The van der Waals surface area contributed by atoms with E-state index in [-0.39, 0.29) is 11.7 Å². The third kappa shape index (κ3) is 3.53. The maximum absolute atomic E-state index is 12.4. The number of halogens is 1. The Morgan fingerprint density at radius 1 is 1.04 bits per heavy atom. The van der Waals surface area contributed by atoms with Gasteiger partial charge in [-0.1, -0.05) is 23.7 Å². The van der Waals surface area contributed by atoms with Crippen molar-refractivity contribution in [2.24, 2.45) is 0 Å². The Morgan fingerprint density at radius 2 is 1.73 bits per heavy atom. The topological polar surface area (TPSA) is 64.0 Å². The number of ketones is 1. The second kappa shape index (κ2) is 7.14. The highest BCUT2D eigenvalue weighted by Crippen LogP contribution is 2.22. The minimum atomic E-state index is -0.247. The van der Waals surface area contributed by atoms with Gasteiger partial charge in [0.05, 0.1) is 22.1 Å². The summed E-state index contributed by atoms with van der Waals surface area (Å²) in [5, 5.41) is 7.84. The summed E-state index contributed by atoms with van der Waals surface area (Å²) in [7, 11) is 0. The molecule has 3 aromatic rings. The zero-order chi connectivity index (χ0) is 18.8. The molecule has 0 bridgehead atoms. The summed E-state index contributed by atoms with van der Waals surface area (Å²) in [5.41, 5.74) is 4.08. The highest BCUT2D eigenvalue weighted by Gasteiger charge is 2.12. The molecule has 132 valence electrons. The van der Waals surface area contributed by atoms with Gasteiger partial charge in [-0.05, 0) is 57.2 Å². The Hall–Kier alpha value is -2.92. The normalized spacial score (nSPS) is 10.6. The second-order valence-corrected chi connectivity index (χ2v) is 6.41. The number of hydrogen-bond acceptors (Lipinski definition) is 3. The number of nitrogens with one attached hydrogen (secondary N) is 1. The van der Waals surface area contributed by atoms with Crippen LogP contribution in [0.5, 0.6) is 0 Å². The van der Waals surface area contributed by atoms with Crippen molar-refractivity contribution in [3.05, 3.63) is 76.1 Å². The molecule has 1 heterocycles. The van der Waals surface area contributed by atoms with Gasteiger partial charge in [-0.3, -0.25) is 9.59 Å². The minimum Gasteiger partial charge on any atom is -0.322 e. The molecule has 0 saturated heterocycles. The predicted molar refractivity (Wildman–Crippen MR) is 102 cm³/mol. The van der Waals surface area contributed by atoms with Crippen molar-refractivity contribution < 1.29 is 9.59 Å². The van der Waals surface area contributed by atoms with Gasteiger partial charge in [-0.25, -0.2) is 4.68 Å². The lowest BCUT2D eigenvalue weighted by Crippen LogP contribution is -2.12. The van der Waals surface area contributed by atoms with Gasteiger partial charge in [0.25, 0.3) is 5.91 Å². The van der Waals surface area contributed by atoms with E-state index in [1.54, 1.807) is 41.1 Å². The van der Waals surface area contributed by atoms with Gasteiger partial charge in [0, 0.05) is 16.8 Å². The number of benzene rings is 2. The van der Waals surface area contributed by atoms with Crippen LogP contribution in [0.4, 0.5) is 5.69 Å². The van der Waals surface area contributed by atoms with E-state index in [0.717, 1.165) is 17.1 Å². The van der Waals surface area contributed by atoms with E-state index in [2.05, 4.69) is 10.4 Å². The van der Waals surface area contributed by atoms with Gasteiger partial charge in [-0.15, -0.1) is 0 Å². The fraction of sp³-hybridized carbons (Fsp3) is 0.150. The van der Waals surface area contributed by atoms with Crippen LogP contribution >= 0.6 is 11.6 Å². The zero-order valence-corrected chi connectivity index (χ0v) is 15.5. The van der Waals surface area contributed by atoms with Gasteiger partial charge in [-0.2, -0.15) is 5.10 Å². The van der Waals surface area contributed by atoms with Gasteiger partial charge in [0.15, 0.2) is 5.78 Å². The number of amides is 1. The van der Waals surface area contributed by atoms with Gasteiger partial charge in [0.2, 0.25) is 0 Å². The number of carbonyl (C=O) groups is 2. The van der Waals surface area contributed by atoms with E-state index in [1.807, 2.05) is 26.0 Å². The highest BCUT2D eigenvalue weighted by molar-refractivity contribution is 6.31. The molecule has 0 atom stereocenters. The molecular weight excluding hydrogens is 350 g/mol. The summed E-state index contributed by atoms with van der Waals surface area (Å²) in [5.74, 6) is -0.294. The molecule has 0 saturated carbocycles. The third-order valence-corrected chi connectivity index (χ3v) is 4.65. The number of anilines is 1.